The normalized spacial score (nSPS) is 29.5. The highest BCUT2D eigenvalue weighted by Gasteiger charge is 2.27. The zero-order chi connectivity index (χ0) is 10.7. The van der Waals surface area contributed by atoms with Crippen LogP contribution in [0.3, 0.4) is 0 Å². The van der Waals surface area contributed by atoms with Crippen LogP contribution in [0.15, 0.2) is 0 Å². The van der Waals surface area contributed by atoms with Crippen LogP contribution in [0.25, 0.3) is 0 Å². The number of hydrogen-bond donors (Lipinski definition) is 1. The second-order valence-electron chi connectivity index (χ2n) is 4.41. The van der Waals surface area contributed by atoms with Crippen LogP contribution < -0.4 is 5.32 Å². The predicted octanol–water partition coefficient (Wildman–Crippen LogP) is 0.250. The molecule has 1 atom stereocenters. The van der Waals surface area contributed by atoms with Crippen molar-refractivity contribution in [2.45, 2.75) is 32.4 Å². The summed E-state index contributed by atoms with van der Waals surface area (Å²) in [6.45, 7) is 6.60. The highest BCUT2D eigenvalue weighted by molar-refractivity contribution is 5.78. The first kappa shape index (κ1) is 10.9. The first-order valence-corrected chi connectivity index (χ1v) is 6.06. The van der Waals surface area contributed by atoms with E-state index in [1.807, 2.05) is 4.90 Å². The van der Waals surface area contributed by atoms with E-state index in [0.717, 1.165) is 32.6 Å². The maximum Gasteiger partial charge on any atom is 0.236 e. The molecule has 4 nitrogen and oxygen atoms in total. The summed E-state index contributed by atoms with van der Waals surface area (Å²) in [6.07, 6.45) is 4.00. The SMILES string of the molecule is CCN1CCCN(C2CCCN2)CC1=O. The fourth-order valence-corrected chi connectivity index (χ4v) is 2.52. The Morgan fingerprint density at radius 3 is 2.93 bits per heavy atom. The van der Waals surface area contributed by atoms with E-state index in [4.69, 9.17) is 0 Å². The minimum absolute atomic E-state index is 0.295. The monoisotopic (exact) mass is 211 g/mol. The van der Waals surface area contributed by atoms with E-state index < -0.39 is 0 Å². The van der Waals surface area contributed by atoms with Gasteiger partial charge in [-0.25, -0.2) is 0 Å². The molecule has 0 saturated carbocycles. The van der Waals surface area contributed by atoms with Crippen LogP contribution in [0.5, 0.6) is 0 Å². The van der Waals surface area contributed by atoms with E-state index in [9.17, 15) is 4.79 Å². The molecule has 0 aromatic heterocycles. The van der Waals surface area contributed by atoms with Gasteiger partial charge in [-0.3, -0.25) is 9.69 Å². The van der Waals surface area contributed by atoms with Gasteiger partial charge in [0.25, 0.3) is 0 Å². The highest BCUT2D eigenvalue weighted by atomic mass is 16.2. The van der Waals surface area contributed by atoms with E-state index in [2.05, 4.69) is 17.1 Å². The van der Waals surface area contributed by atoms with Gasteiger partial charge >= 0.3 is 0 Å². The Morgan fingerprint density at radius 2 is 2.27 bits per heavy atom. The molecule has 2 aliphatic heterocycles. The third-order valence-electron chi connectivity index (χ3n) is 3.42. The molecule has 2 saturated heterocycles. The van der Waals surface area contributed by atoms with Crippen molar-refractivity contribution in [1.82, 2.24) is 15.1 Å². The quantitative estimate of drug-likeness (QED) is 0.711. The van der Waals surface area contributed by atoms with Crippen LogP contribution >= 0.6 is 0 Å². The summed E-state index contributed by atoms with van der Waals surface area (Å²) in [5.41, 5.74) is 0. The molecule has 86 valence electrons. The molecule has 2 rings (SSSR count). The molecule has 2 aliphatic rings. The third kappa shape index (κ3) is 2.49. The Balaban J connectivity index is 1.94. The fourth-order valence-electron chi connectivity index (χ4n) is 2.52. The van der Waals surface area contributed by atoms with Gasteiger partial charge in [-0.1, -0.05) is 0 Å². The van der Waals surface area contributed by atoms with Gasteiger partial charge in [-0.15, -0.1) is 0 Å². The summed E-state index contributed by atoms with van der Waals surface area (Å²) in [5, 5.41) is 3.46. The van der Waals surface area contributed by atoms with Crippen LogP contribution in [0.4, 0.5) is 0 Å². The molecule has 4 heteroatoms. The molecule has 0 aromatic rings. The van der Waals surface area contributed by atoms with Crippen molar-refractivity contribution >= 4 is 5.91 Å². The summed E-state index contributed by atoms with van der Waals surface area (Å²) >= 11 is 0. The number of amides is 1. The lowest BCUT2D eigenvalue weighted by Crippen LogP contribution is -2.45. The molecule has 0 spiro atoms. The van der Waals surface area contributed by atoms with E-state index in [-0.39, 0.29) is 0 Å². The minimum Gasteiger partial charge on any atom is -0.342 e. The summed E-state index contributed by atoms with van der Waals surface area (Å²) in [7, 11) is 0. The first-order chi connectivity index (χ1) is 7.31. The predicted molar refractivity (Wildman–Crippen MR) is 59.5 cm³/mol. The molecule has 2 heterocycles. The van der Waals surface area contributed by atoms with Crippen molar-refractivity contribution < 1.29 is 4.79 Å². The van der Waals surface area contributed by atoms with Crippen LogP contribution in [-0.2, 0) is 4.79 Å². The van der Waals surface area contributed by atoms with Gasteiger partial charge in [0.15, 0.2) is 0 Å². The average molecular weight is 211 g/mol. The maximum atomic E-state index is 11.9. The van der Waals surface area contributed by atoms with Gasteiger partial charge in [0, 0.05) is 19.6 Å². The Labute approximate surface area is 91.6 Å². The van der Waals surface area contributed by atoms with Crippen molar-refractivity contribution in [3.05, 3.63) is 0 Å². The van der Waals surface area contributed by atoms with Gasteiger partial charge < -0.3 is 10.2 Å². The topological polar surface area (TPSA) is 35.6 Å². The lowest BCUT2D eigenvalue weighted by Gasteiger charge is -2.26. The Kier molecular flexibility index (Phi) is 3.59. The van der Waals surface area contributed by atoms with Gasteiger partial charge in [-0.2, -0.15) is 0 Å². The standard InChI is InChI=1S/C11H21N3O/c1-2-13-7-4-8-14(9-11(13)15)10-5-3-6-12-10/h10,12H,2-9H2,1H3. The summed E-state index contributed by atoms with van der Waals surface area (Å²) < 4.78 is 0. The van der Waals surface area contributed by atoms with Gasteiger partial charge in [0.1, 0.15) is 0 Å². The molecular weight excluding hydrogens is 190 g/mol. The number of likely N-dealkylation sites (N-methyl/N-ethyl adjacent to an activating group) is 1. The fraction of sp³-hybridized carbons (Fsp3) is 0.909. The molecular formula is C11H21N3O. The van der Waals surface area contributed by atoms with E-state index in [1.165, 1.54) is 12.8 Å². The van der Waals surface area contributed by atoms with Crippen molar-refractivity contribution in [3.8, 4) is 0 Å². The lowest BCUT2D eigenvalue weighted by atomic mass is 10.3. The van der Waals surface area contributed by atoms with Crippen LogP contribution in [0, 0.1) is 0 Å². The second kappa shape index (κ2) is 4.94. The van der Waals surface area contributed by atoms with Gasteiger partial charge in [0.2, 0.25) is 5.91 Å². The van der Waals surface area contributed by atoms with Gasteiger partial charge in [-0.05, 0) is 32.7 Å². The largest absolute Gasteiger partial charge is 0.342 e. The minimum atomic E-state index is 0.295. The smallest absolute Gasteiger partial charge is 0.236 e. The van der Waals surface area contributed by atoms with Crippen molar-refractivity contribution in [1.29, 1.82) is 0 Å². The van der Waals surface area contributed by atoms with Crippen molar-refractivity contribution in [2.24, 2.45) is 0 Å². The number of nitrogens with zero attached hydrogens (tertiary/aromatic N) is 2. The third-order valence-corrected chi connectivity index (χ3v) is 3.42. The molecule has 1 unspecified atom stereocenters. The molecule has 15 heavy (non-hydrogen) atoms. The van der Waals surface area contributed by atoms with Crippen LogP contribution in [0.1, 0.15) is 26.2 Å². The number of rotatable bonds is 2. The Hall–Kier alpha value is -0.610. The molecule has 1 amide bonds. The number of nitrogens with one attached hydrogen (secondary N) is 1. The summed E-state index contributed by atoms with van der Waals surface area (Å²) in [4.78, 5) is 16.1. The first-order valence-electron chi connectivity index (χ1n) is 6.06. The van der Waals surface area contributed by atoms with Gasteiger partial charge in [0.05, 0.1) is 12.7 Å². The van der Waals surface area contributed by atoms with Crippen LogP contribution in [0.2, 0.25) is 0 Å². The summed E-state index contributed by atoms with van der Waals surface area (Å²) in [6, 6.07) is 0. The number of carbonyl (C=O) groups is 1. The van der Waals surface area contributed by atoms with E-state index in [0.29, 0.717) is 18.6 Å². The number of hydrogen-bond acceptors (Lipinski definition) is 3. The van der Waals surface area contributed by atoms with Crippen molar-refractivity contribution in [3.63, 3.8) is 0 Å². The average Bonchev–Trinajstić information content (AvgIpc) is 2.69. The number of carbonyl (C=O) groups excluding carboxylic acids is 1. The molecule has 1 N–H and O–H groups in total. The van der Waals surface area contributed by atoms with Crippen LogP contribution in [-0.4, -0.2) is 54.6 Å². The second-order valence-corrected chi connectivity index (χ2v) is 4.41. The maximum absolute atomic E-state index is 11.9. The Bertz CT molecular complexity index is 226. The molecule has 0 bridgehead atoms. The van der Waals surface area contributed by atoms with E-state index >= 15 is 0 Å². The Morgan fingerprint density at radius 1 is 1.40 bits per heavy atom. The highest BCUT2D eigenvalue weighted by Crippen LogP contribution is 2.13. The van der Waals surface area contributed by atoms with Crippen molar-refractivity contribution in [2.75, 3.05) is 32.7 Å². The summed E-state index contributed by atoms with van der Waals surface area (Å²) in [5.74, 6) is 0.295. The zero-order valence-electron chi connectivity index (χ0n) is 9.54. The van der Waals surface area contributed by atoms with E-state index in [1.54, 1.807) is 0 Å². The molecule has 0 aromatic carbocycles. The molecule has 0 radical (unpaired) electrons. The molecule has 0 aliphatic carbocycles. The lowest BCUT2D eigenvalue weighted by molar-refractivity contribution is -0.131. The zero-order valence-corrected chi connectivity index (χ0v) is 9.54. The molecule has 2 fully saturated rings.